The summed E-state index contributed by atoms with van der Waals surface area (Å²) < 4.78 is 3.93. The minimum Gasteiger partial charge on any atom is -0.313 e. The van der Waals surface area contributed by atoms with Gasteiger partial charge in [-0.2, -0.15) is 0 Å². The van der Waals surface area contributed by atoms with Crippen molar-refractivity contribution in [3.63, 3.8) is 0 Å². The van der Waals surface area contributed by atoms with Crippen LogP contribution in [-0.4, -0.2) is 27.6 Å². The summed E-state index contributed by atoms with van der Waals surface area (Å²) in [7, 11) is 0. The zero-order chi connectivity index (χ0) is 12.5. The average molecular weight is 257 g/mol. The van der Waals surface area contributed by atoms with Crippen molar-refractivity contribution in [1.29, 1.82) is 0 Å². The number of hydrogen-bond acceptors (Lipinski definition) is 6. The Morgan fingerprint density at radius 1 is 1.24 bits per heavy atom. The first-order valence-corrected chi connectivity index (χ1v) is 7.09. The smallest absolute Gasteiger partial charge is 0.148 e. The summed E-state index contributed by atoms with van der Waals surface area (Å²) in [5, 5.41) is 5.01. The number of unbranched alkanes of at least 4 members (excludes halogenated alkanes) is 2. The number of nitrogen functional groups attached to an aromatic ring is 1. The van der Waals surface area contributed by atoms with Crippen molar-refractivity contribution >= 4 is 16.5 Å². The first-order chi connectivity index (χ1) is 8.31. The number of aromatic nitrogens is 2. The van der Waals surface area contributed by atoms with Crippen LogP contribution in [0.5, 0.6) is 0 Å². The van der Waals surface area contributed by atoms with Gasteiger partial charge in [-0.05, 0) is 25.9 Å². The van der Waals surface area contributed by atoms with Gasteiger partial charge in [0.2, 0.25) is 0 Å². The second-order valence-corrected chi connectivity index (χ2v) is 4.93. The Morgan fingerprint density at radius 2 is 1.88 bits per heavy atom. The topological polar surface area (TPSA) is 67.1 Å². The van der Waals surface area contributed by atoms with Crippen LogP contribution in [0.25, 0.3) is 0 Å². The van der Waals surface area contributed by atoms with E-state index in [1.165, 1.54) is 37.2 Å². The lowest BCUT2D eigenvalue weighted by Gasteiger charge is -2.21. The Morgan fingerprint density at radius 3 is 2.41 bits per heavy atom. The Bertz CT molecular complexity index is 294. The quantitative estimate of drug-likeness (QED) is 0.524. The molecule has 0 saturated carbocycles. The molecule has 0 saturated heterocycles. The molecule has 5 nitrogen and oxygen atoms in total. The van der Waals surface area contributed by atoms with Crippen LogP contribution in [0.4, 0.5) is 5.00 Å². The fraction of sp³-hybridized carbons (Fsp3) is 0.818. The van der Waals surface area contributed by atoms with E-state index in [0.29, 0.717) is 0 Å². The van der Waals surface area contributed by atoms with Crippen molar-refractivity contribution in [2.24, 2.45) is 5.84 Å². The molecule has 0 radical (unpaired) electrons. The molecular formula is C11H23N5S. The van der Waals surface area contributed by atoms with Crippen LogP contribution in [0.15, 0.2) is 0 Å². The third-order valence-electron chi connectivity index (χ3n) is 2.72. The first kappa shape index (κ1) is 14.3. The van der Waals surface area contributed by atoms with E-state index in [9.17, 15) is 0 Å². The first-order valence-electron chi connectivity index (χ1n) is 6.32. The third-order valence-corrected chi connectivity index (χ3v) is 3.42. The molecular weight excluding hydrogens is 234 g/mol. The van der Waals surface area contributed by atoms with Crippen molar-refractivity contribution in [1.82, 2.24) is 14.5 Å². The van der Waals surface area contributed by atoms with Gasteiger partial charge >= 0.3 is 0 Å². The fourth-order valence-corrected chi connectivity index (χ4v) is 2.15. The summed E-state index contributed by atoms with van der Waals surface area (Å²) in [6.07, 6.45) is 4.90. The highest BCUT2D eigenvalue weighted by Gasteiger charge is 2.11. The maximum absolute atomic E-state index is 5.43. The summed E-state index contributed by atoms with van der Waals surface area (Å²) in [5.41, 5.74) is 3.62. The van der Waals surface area contributed by atoms with Gasteiger partial charge in [-0.1, -0.05) is 31.2 Å². The number of hydrogen-bond donors (Lipinski definition) is 2. The number of nitrogens with one attached hydrogen (secondary N) is 1. The molecule has 0 spiro atoms. The normalized spacial score (nSPS) is 11.1. The van der Waals surface area contributed by atoms with Gasteiger partial charge in [-0.3, -0.25) is 4.90 Å². The number of hydrazine groups is 1. The van der Waals surface area contributed by atoms with E-state index in [-0.39, 0.29) is 0 Å². The highest BCUT2D eigenvalue weighted by Crippen LogP contribution is 2.18. The Hall–Kier alpha value is -0.720. The molecule has 0 bridgehead atoms. The SMILES string of the molecule is CCCCN(CCCC)Cc1nnsc1NN. The van der Waals surface area contributed by atoms with E-state index in [1.54, 1.807) is 0 Å². The molecule has 0 fully saturated rings. The van der Waals surface area contributed by atoms with E-state index in [1.807, 2.05) is 0 Å². The van der Waals surface area contributed by atoms with Gasteiger partial charge in [0.1, 0.15) is 10.7 Å². The Balaban J connectivity index is 2.51. The minimum absolute atomic E-state index is 0.843. The Labute approximate surface area is 108 Å². The van der Waals surface area contributed by atoms with Crippen LogP contribution >= 0.6 is 11.5 Å². The zero-order valence-corrected chi connectivity index (χ0v) is 11.6. The largest absolute Gasteiger partial charge is 0.313 e. The van der Waals surface area contributed by atoms with E-state index >= 15 is 0 Å². The molecule has 0 atom stereocenters. The monoisotopic (exact) mass is 257 g/mol. The second kappa shape index (κ2) is 8.38. The molecule has 17 heavy (non-hydrogen) atoms. The number of nitrogens with zero attached hydrogens (tertiary/aromatic N) is 3. The van der Waals surface area contributed by atoms with E-state index < -0.39 is 0 Å². The lowest BCUT2D eigenvalue weighted by Crippen LogP contribution is -2.26. The molecule has 0 unspecified atom stereocenters. The van der Waals surface area contributed by atoms with Gasteiger partial charge in [0.05, 0.1) is 0 Å². The molecule has 3 N–H and O–H groups in total. The van der Waals surface area contributed by atoms with Crippen LogP contribution in [0.3, 0.4) is 0 Å². The molecule has 6 heteroatoms. The highest BCUT2D eigenvalue weighted by atomic mass is 32.1. The highest BCUT2D eigenvalue weighted by molar-refractivity contribution is 7.10. The van der Waals surface area contributed by atoms with E-state index in [0.717, 1.165) is 30.3 Å². The number of rotatable bonds is 9. The fourth-order valence-electron chi connectivity index (χ4n) is 1.67. The van der Waals surface area contributed by atoms with Crippen molar-refractivity contribution in [2.45, 2.75) is 46.1 Å². The van der Waals surface area contributed by atoms with Crippen molar-refractivity contribution in [2.75, 3.05) is 18.5 Å². The number of anilines is 1. The minimum atomic E-state index is 0.843. The average Bonchev–Trinajstić information content (AvgIpc) is 2.79. The van der Waals surface area contributed by atoms with Crippen LogP contribution in [-0.2, 0) is 6.54 Å². The summed E-state index contributed by atoms with van der Waals surface area (Å²) in [6, 6.07) is 0. The van der Waals surface area contributed by atoms with Crippen molar-refractivity contribution < 1.29 is 0 Å². The standard InChI is InChI=1S/C11H23N5S/c1-3-5-7-16(8-6-4-2)9-10-11(13-12)17-15-14-10/h13H,3-9,12H2,1-2H3. The molecule has 0 aromatic carbocycles. The van der Waals surface area contributed by atoms with Gasteiger partial charge in [0.15, 0.2) is 0 Å². The molecule has 1 aromatic rings. The lowest BCUT2D eigenvalue weighted by atomic mass is 10.2. The molecule has 0 aliphatic carbocycles. The van der Waals surface area contributed by atoms with Gasteiger partial charge < -0.3 is 5.43 Å². The second-order valence-electron chi connectivity index (χ2n) is 4.18. The summed E-state index contributed by atoms with van der Waals surface area (Å²) in [4.78, 5) is 2.44. The lowest BCUT2D eigenvalue weighted by molar-refractivity contribution is 0.254. The van der Waals surface area contributed by atoms with E-state index in [2.05, 4.69) is 33.8 Å². The van der Waals surface area contributed by atoms with Crippen molar-refractivity contribution in [3.8, 4) is 0 Å². The van der Waals surface area contributed by atoms with Crippen LogP contribution in [0.1, 0.15) is 45.2 Å². The molecule has 1 rings (SSSR count). The summed E-state index contributed by atoms with van der Waals surface area (Å²) in [6.45, 7) is 7.52. The molecule has 0 aliphatic heterocycles. The maximum atomic E-state index is 5.43. The Kier molecular flexibility index (Phi) is 7.07. The summed E-state index contributed by atoms with van der Waals surface area (Å²) >= 11 is 1.32. The van der Waals surface area contributed by atoms with Gasteiger partial charge in [-0.15, -0.1) is 5.10 Å². The maximum Gasteiger partial charge on any atom is 0.148 e. The van der Waals surface area contributed by atoms with E-state index in [4.69, 9.17) is 5.84 Å². The van der Waals surface area contributed by atoms with Crippen LogP contribution in [0, 0.1) is 0 Å². The van der Waals surface area contributed by atoms with Crippen LogP contribution in [0.2, 0.25) is 0 Å². The molecule has 1 aromatic heterocycles. The number of nitrogens with two attached hydrogens (primary N) is 1. The van der Waals surface area contributed by atoms with Crippen LogP contribution < -0.4 is 11.3 Å². The molecule has 98 valence electrons. The van der Waals surface area contributed by atoms with Crippen molar-refractivity contribution in [3.05, 3.63) is 5.69 Å². The molecule has 1 heterocycles. The molecule has 0 aliphatic rings. The van der Waals surface area contributed by atoms with Gasteiger partial charge in [-0.25, -0.2) is 5.84 Å². The van der Waals surface area contributed by atoms with Gasteiger partial charge in [0, 0.05) is 18.1 Å². The predicted molar refractivity (Wildman–Crippen MR) is 72.8 cm³/mol. The summed E-state index contributed by atoms with van der Waals surface area (Å²) in [5.74, 6) is 5.43. The molecule has 0 amide bonds. The van der Waals surface area contributed by atoms with Gasteiger partial charge in [0.25, 0.3) is 0 Å². The predicted octanol–water partition coefficient (Wildman–Crippen LogP) is 2.23. The third kappa shape index (κ3) is 4.97. The zero-order valence-electron chi connectivity index (χ0n) is 10.8.